The van der Waals surface area contributed by atoms with Gasteiger partial charge >= 0.3 is 134 Å². The third kappa shape index (κ3) is 6.99. The average molecular weight is 342 g/mol. The van der Waals surface area contributed by atoms with Gasteiger partial charge in [-0.25, -0.2) is 0 Å². The number of likely N-dealkylation sites (N-methyl/N-ethyl adjacent to an activating group) is 2. The molecule has 0 saturated heterocycles. The van der Waals surface area contributed by atoms with Gasteiger partial charge in [-0.1, -0.05) is 0 Å². The summed E-state index contributed by atoms with van der Waals surface area (Å²) in [7, 11) is 0. The van der Waals surface area contributed by atoms with Gasteiger partial charge in [-0.3, -0.25) is 0 Å². The normalized spacial score (nSPS) is 15.2. The third-order valence-electron chi connectivity index (χ3n) is 4.60. The van der Waals surface area contributed by atoms with Crippen molar-refractivity contribution in [3.8, 4) is 0 Å². The molecular formula is C16H38GaN3. The zero-order valence-corrected chi connectivity index (χ0v) is 17.7. The molecule has 0 aliphatic heterocycles. The Labute approximate surface area is 134 Å². The van der Waals surface area contributed by atoms with Gasteiger partial charge in [0.25, 0.3) is 0 Å². The molecular weight excluding hydrogens is 304 g/mol. The standard InChI is InChI=1S/C14H32N3.2CH3.Ga/c1-7-16(8-2)13(5)11-15-12-14(6)17(9-3)10-4;;;/h13-14H,7-12H2,1-6H3;2*1H3;/q-1;;;+1. The van der Waals surface area contributed by atoms with Crippen LogP contribution >= 0.6 is 0 Å². The molecule has 120 valence electrons. The van der Waals surface area contributed by atoms with E-state index in [1.807, 2.05) is 0 Å². The Kier molecular flexibility index (Phi) is 11.4. The topological polar surface area (TPSA) is 9.72 Å². The van der Waals surface area contributed by atoms with Crippen molar-refractivity contribution in [1.82, 2.24) is 13.4 Å². The van der Waals surface area contributed by atoms with E-state index in [0.29, 0.717) is 12.1 Å². The van der Waals surface area contributed by atoms with Crippen LogP contribution in [0.15, 0.2) is 0 Å². The van der Waals surface area contributed by atoms with E-state index in [4.69, 9.17) is 0 Å². The van der Waals surface area contributed by atoms with Gasteiger partial charge in [0.2, 0.25) is 0 Å². The monoisotopic (exact) mass is 341 g/mol. The summed E-state index contributed by atoms with van der Waals surface area (Å²) in [6.07, 6.45) is 0. The fraction of sp³-hybridized carbons (Fsp3) is 1.00. The van der Waals surface area contributed by atoms with Gasteiger partial charge in [-0.15, -0.1) is 0 Å². The maximum absolute atomic E-state index is 2.83. The summed E-state index contributed by atoms with van der Waals surface area (Å²) in [6, 6.07) is 1.36. The second-order valence-electron chi connectivity index (χ2n) is 6.19. The first kappa shape index (κ1) is 20.5. The Morgan fingerprint density at radius 2 is 1.00 bits per heavy atom. The molecule has 0 aromatic carbocycles. The van der Waals surface area contributed by atoms with E-state index in [1.165, 1.54) is 39.3 Å². The van der Waals surface area contributed by atoms with E-state index < -0.39 is 16.5 Å². The molecule has 3 nitrogen and oxygen atoms in total. The first-order chi connectivity index (χ1) is 9.40. The van der Waals surface area contributed by atoms with Crippen LogP contribution < -0.4 is 0 Å². The second-order valence-corrected chi connectivity index (χ2v) is 12.3. The van der Waals surface area contributed by atoms with E-state index in [0.717, 1.165) is 0 Å². The quantitative estimate of drug-likeness (QED) is 0.535. The van der Waals surface area contributed by atoms with Crippen molar-refractivity contribution in [3.05, 3.63) is 0 Å². The van der Waals surface area contributed by atoms with E-state index in [9.17, 15) is 0 Å². The minimum absolute atomic E-state index is 0.682. The van der Waals surface area contributed by atoms with E-state index in [1.54, 1.807) is 0 Å². The summed E-state index contributed by atoms with van der Waals surface area (Å²) in [5.74, 6) is 0. The predicted octanol–water partition coefficient (Wildman–Crippen LogP) is 3.00. The number of rotatable bonds is 11. The molecule has 0 aromatic heterocycles. The summed E-state index contributed by atoms with van der Waals surface area (Å²) >= 11 is -1.22. The summed E-state index contributed by atoms with van der Waals surface area (Å²) in [5.41, 5.74) is 5.02. The van der Waals surface area contributed by atoms with E-state index >= 15 is 0 Å². The van der Waals surface area contributed by atoms with Crippen molar-refractivity contribution in [2.75, 3.05) is 39.3 Å². The molecule has 0 N–H and O–H groups in total. The third-order valence-corrected chi connectivity index (χ3v) is 8.55. The van der Waals surface area contributed by atoms with Gasteiger partial charge in [0.1, 0.15) is 0 Å². The van der Waals surface area contributed by atoms with Crippen molar-refractivity contribution >= 4 is 16.5 Å². The Hall–Kier alpha value is 0.516. The van der Waals surface area contributed by atoms with Gasteiger partial charge in [-0.2, -0.15) is 0 Å². The minimum atomic E-state index is -1.22. The van der Waals surface area contributed by atoms with Crippen molar-refractivity contribution in [2.24, 2.45) is 0 Å². The van der Waals surface area contributed by atoms with Crippen LogP contribution in [0.25, 0.3) is 0 Å². The number of hydrogen-bond donors (Lipinski definition) is 0. The zero-order valence-electron chi connectivity index (χ0n) is 15.3. The first-order valence-electron chi connectivity index (χ1n) is 8.63. The van der Waals surface area contributed by atoms with Crippen LogP contribution in [0.4, 0.5) is 0 Å². The van der Waals surface area contributed by atoms with Crippen molar-refractivity contribution in [2.45, 2.75) is 64.6 Å². The van der Waals surface area contributed by atoms with Gasteiger partial charge in [0.15, 0.2) is 0 Å². The number of hydrogen-bond acceptors (Lipinski definition) is 3. The first-order valence-corrected chi connectivity index (χ1v) is 14.6. The van der Waals surface area contributed by atoms with Gasteiger partial charge < -0.3 is 0 Å². The molecule has 4 heteroatoms. The number of nitrogens with zero attached hydrogens (tertiary/aromatic N) is 3. The second kappa shape index (κ2) is 11.1. The predicted molar refractivity (Wildman–Crippen MR) is 93.8 cm³/mol. The fourth-order valence-electron chi connectivity index (χ4n) is 3.10. The van der Waals surface area contributed by atoms with E-state index in [2.05, 4.69) is 65.9 Å². The molecule has 0 amide bonds. The molecule has 0 bridgehead atoms. The van der Waals surface area contributed by atoms with Gasteiger partial charge in [-0.05, 0) is 0 Å². The molecule has 2 atom stereocenters. The molecule has 0 aromatic rings. The molecule has 0 aliphatic rings. The molecule has 0 spiro atoms. The Morgan fingerprint density at radius 3 is 1.20 bits per heavy atom. The van der Waals surface area contributed by atoms with Crippen LogP contribution in [0.2, 0.25) is 11.0 Å². The molecule has 0 aliphatic carbocycles. The van der Waals surface area contributed by atoms with Crippen molar-refractivity contribution in [3.63, 3.8) is 0 Å². The Morgan fingerprint density at radius 1 is 0.700 bits per heavy atom. The maximum atomic E-state index is 2.83. The molecule has 0 rings (SSSR count). The van der Waals surface area contributed by atoms with Crippen molar-refractivity contribution < 1.29 is 0 Å². The van der Waals surface area contributed by atoms with Crippen LogP contribution in [0.3, 0.4) is 0 Å². The SMILES string of the molecule is CCN(CC)C(C)C[N](CC(C)N(CC)CC)[Ga]([CH3])[CH3]. The van der Waals surface area contributed by atoms with Crippen LogP contribution in [-0.2, 0) is 0 Å². The van der Waals surface area contributed by atoms with Crippen LogP contribution in [0, 0.1) is 0 Å². The average Bonchev–Trinajstić information content (AvgIpc) is 2.40. The van der Waals surface area contributed by atoms with E-state index in [-0.39, 0.29) is 0 Å². The summed E-state index contributed by atoms with van der Waals surface area (Å²) in [6.45, 7) is 21.1. The summed E-state index contributed by atoms with van der Waals surface area (Å²) < 4.78 is 2.83. The molecule has 0 saturated carbocycles. The molecule has 2 unspecified atom stereocenters. The van der Waals surface area contributed by atoms with Crippen molar-refractivity contribution in [1.29, 1.82) is 0 Å². The summed E-state index contributed by atoms with van der Waals surface area (Å²) in [5, 5.41) is 0. The molecule has 0 heterocycles. The van der Waals surface area contributed by atoms with Gasteiger partial charge in [0, 0.05) is 0 Å². The molecule has 0 fully saturated rings. The fourth-order valence-corrected chi connectivity index (χ4v) is 6.15. The van der Waals surface area contributed by atoms with Crippen LogP contribution in [-0.4, -0.2) is 81.2 Å². The Bertz CT molecular complexity index is 208. The zero-order chi connectivity index (χ0) is 15.7. The Balaban J connectivity index is 4.57. The summed E-state index contributed by atoms with van der Waals surface area (Å²) in [4.78, 5) is 5.17. The molecule has 0 radical (unpaired) electrons. The van der Waals surface area contributed by atoms with Gasteiger partial charge in [0.05, 0.1) is 0 Å². The van der Waals surface area contributed by atoms with Crippen LogP contribution in [0.1, 0.15) is 41.5 Å². The van der Waals surface area contributed by atoms with Crippen LogP contribution in [0.5, 0.6) is 0 Å². The molecule has 20 heavy (non-hydrogen) atoms.